The van der Waals surface area contributed by atoms with E-state index >= 15 is 0 Å². The lowest BCUT2D eigenvalue weighted by Gasteiger charge is -2.29. The van der Waals surface area contributed by atoms with Crippen molar-refractivity contribution in [2.45, 2.75) is 26.3 Å². The molecule has 0 amide bonds. The topological polar surface area (TPSA) is 47.7 Å². The molecule has 0 aromatic heterocycles. The van der Waals surface area contributed by atoms with Gasteiger partial charge in [-0.25, -0.2) is 0 Å². The minimum atomic E-state index is 0.254. The van der Waals surface area contributed by atoms with Crippen LogP contribution in [0.25, 0.3) is 0 Å². The van der Waals surface area contributed by atoms with Gasteiger partial charge in [-0.1, -0.05) is 19.9 Å². The SMILES string of the molecule is CCCN(CC)C(CN)c1ccc2c(c1)OCO2. The Hall–Kier alpha value is -1.26. The highest BCUT2D eigenvalue weighted by Gasteiger charge is 2.20. The largest absolute Gasteiger partial charge is 0.454 e. The summed E-state index contributed by atoms with van der Waals surface area (Å²) >= 11 is 0. The molecule has 1 unspecified atom stereocenters. The number of ether oxygens (including phenoxy) is 2. The van der Waals surface area contributed by atoms with Crippen LogP contribution >= 0.6 is 0 Å². The first-order valence-corrected chi connectivity index (χ1v) is 6.63. The molecule has 0 radical (unpaired) electrons. The summed E-state index contributed by atoms with van der Waals surface area (Å²) in [6.45, 7) is 7.37. The second-order valence-electron chi connectivity index (χ2n) is 4.49. The van der Waals surface area contributed by atoms with Crippen molar-refractivity contribution in [1.29, 1.82) is 0 Å². The molecule has 0 saturated heterocycles. The first-order chi connectivity index (χ1) is 8.80. The second-order valence-corrected chi connectivity index (χ2v) is 4.49. The van der Waals surface area contributed by atoms with Crippen LogP contribution in [0.2, 0.25) is 0 Å². The highest BCUT2D eigenvalue weighted by Crippen LogP contribution is 2.35. The van der Waals surface area contributed by atoms with E-state index in [-0.39, 0.29) is 6.04 Å². The first-order valence-electron chi connectivity index (χ1n) is 6.63. The lowest BCUT2D eigenvalue weighted by Crippen LogP contribution is -2.34. The van der Waals surface area contributed by atoms with Gasteiger partial charge in [-0.15, -0.1) is 0 Å². The number of benzene rings is 1. The van der Waals surface area contributed by atoms with Crippen LogP contribution in [-0.4, -0.2) is 31.3 Å². The molecule has 0 aliphatic carbocycles. The van der Waals surface area contributed by atoms with Crippen molar-refractivity contribution < 1.29 is 9.47 Å². The molecule has 2 N–H and O–H groups in total. The van der Waals surface area contributed by atoms with Crippen molar-refractivity contribution in [1.82, 2.24) is 4.90 Å². The first kappa shape index (κ1) is 13.2. The van der Waals surface area contributed by atoms with Gasteiger partial charge in [-0.2, -0.15) is 0 Å². The second kappa shape index (κ2) is 6.07. The molecule has 1 aromatic rings. The predicted molar refractivity (Wildman–Crippen MR) is 71.9 cm³/mol. The minimum absolute atomic E-state index is 0.254. The Bertz CT molecular complexity index is 395. The third-order valence-corrected chi connectivity index (χ3v) is 3.36. The van der Waals surface area contributed by atoms with E-state index in [4.69, 9.17) is 15.2 Å². The third kappa shape index (κ3) is 2.60. The van der Waals surface area contributed by atoms with Gasteiger partial charge >= 0.3 is 0 Å². The Kier molecular flexibility index (Phi) is 4.44. The maximum atomic E-state index is 5.94. The van der Waals surface area contributed by atoms with Crippen molar-refractivity contribution in [3.05, 3.63) is 23.8 Å². The van der Waals surface area contributed by atoms with E-state index in [1.54, 1.807) is 0 Å². The summed E-state index contributed by atoms with van der Waals surface area (Å²) in [5.41, 5.74) is 7.15. The fourth-order valence-electron chi connectivity index (χ4n) is 2.44. The highest BCUT2D eigenvalue weighted by molar-refractivity contribution is 5.45. The summed E-state index contributed by atoms with van der Waals surface area (Å²) < 4.78 is 10.8. The number of hydrogen-bond donors (Lipinski definition) is 1. The molecular formula is C14H22N2O2. The Labute approximate surface area is 109 Å². The minimum Gasteiger partial charge on any atom is -0.454 e. The molecule has 18 heavy (non-hydrogen) atoms. The molecule has 100 valence electrons. The molecule has 0 saturated carbocycles. The molecule has 2 rings (SSSR count). The van der Waals surface area contributed by atoms with E-state index < -0.39 is 0 Å². The summed E-state index contributed by atoms with van der Waals surface area (Å²) in [7, 11) is 0. The molecule has 0 spiro atoms. The molecule has 0 fully saturated rings. The van der Waals surface area contributed by atoms with E-state index in [1.165, 1.54) is 5.56 Å². The van der Waals surface area contributed by atoms with Crippen LogP contribution in [-0.2, 0) is 0 Å². The monoisotopic (exact) mass is 250 g/mol. The number of hydrogen-bond acceptors (Lipinski definition) is 4. The number of rotatable bonds is 6. The highest BCUT2D eigenvalue weighted by atomic mass is 16.7. The summed E-state index contributed by atoms with van der Waals surface area (Å²) in [4.78, 5) is 2.40. The van der Waals surface area contributed by atoms with Crippen molar-refractivity contribution >= 4 is 0 Å². The fourth-order valence-corrected chi connectivity index (χ4v) is 2.44. The van der Waals surface area contributed by atoms with Crippen molar-refractivity contribution in [2.24, 2.45) is 5.73 Å². The Morgan fingerprint density at radius 3 is 2.72 bits per heavy atom. The lowest BCUT2D eigenvalue weighted by molar-refractivity contribution is 0.173. The average Bonchev–Trinajstić information content (AvgIpc) is 2.86. The van der Waals surface area contributed by atoms with Crippen molar-refractivity contribution in [3.63, 3.8) is 0 Å². The van der Waals surface area contributed by atoms with Gasteiger partial charge in [0.25, 0.3) is 0 Å². The molecule has 4 heteroatoms. The van der Waals surface area contributed by atoms with Crippen LogP contribution in [0.4, 0.5) is 0 Å². The molecule has 1 aliphatic heterocycles. The van der Waals surface area contributed by atoms with Crippen LogP contribution in [0.3, 0.4) is 0 Å². The zero-order valence-corrected chi connectivity index (χ0v) is 11.2. The van der Waals surface area contributed by atoms with Gasteiger partial charge in [0.1, 0.15) is 0 Å². The zero-order chi connectivity index (χ0) is 13.0. The maximum absolute atomic E-state index is 5.94. The number of likely N-dealkylation sites (N-methyl/N-ethyl adjacent to an activating group) is 1. The molecule has 1 aromatic carbocycles. The normalized spacial score (nSPS) is 15.1. The maximum Gasteiger partial charge on any atom is 0.231 e. The van der Waals surface area contributed by atoms with Crippen molar-refractivity contribution in [2.75, 3.05) is 26.4 Å². The number of nitrogens with zero attached hydrogens (tertiary/aromatic N) is 1. The summed E-state index contributed by atoms with van der Waals surface area (Å²) in [5, 5.41) is 0. The summed E-state index contributed by atoms with van der Waals surface area (Å²) in [5.74, 6) is 1.66. The Morgan fingerprint density at radius 2 is 2.06 bits per heavy atom. The zero-order valence-electron chi connectivity index (χ0n) is 11.2. The quantitative estimate of drug-likeness (QED) is 0.840. The molecular weight excluding hydrogens is 228 g/mol. The van der Waals surface area contributed by atoms with Crippen LogP contribution in [0.15, 0.2) is 18.2 Å². The summed E-state index contributed by atoms with van der Waals surface area (Å²) in [6.07, 6.45) is 1.13. The molecule has 1 atom stereocenters. The predicted octanol–water partition coefficient (Wildman–Crippen LogP) is 2.15. The van der Waals surface area contributed by atoms with Gasteiger partial charge in [0, 0.05) is 12.6 Å². The standard InChI is InChI=1S/C14H22N2O2/c1-3-7-16(4-2)12(9-15)11-5-6-13-14(8-11)18-10-17-13/h5-6,8,12H,3-4,7,9-10,15H2,1-2H3. The van der Waals surface area contributed by atoms with E-state index in [0.29, 0.717) is 13.3 Å². The molecule has 0 bridgehead atoms. The summed E-state index contributed by atoms with van der Waals surface area (Å²) in [6, 6.07) is 6.37. The van der Waals surface area contributed by atoms with E-state index in [9.17, 15) is 0 Å². The third-order valence-electron chi connectivity index (χ3n) is 3.36. The van der Waals surface area contributed by atoms with E-state index in [2.05, 4.69) is 30.9 Å². The van der Waals surface area contributed by atoms with Gasteiger partial charge in [-0.3, -0.25) is 4.90 Å². The average molecular weight is 250 g/mol. The number of nitrogens with two attached hydrogens (primary N) is 1. The smallest absolute Gasteiger partial charge is 0.231 e. The fraction of sp³-hybridized carbons (Fsp3) is 0.571. The Balaban J connectivity index is 2.21. The van der Waals surface area contributed by atoms with Gasteiger partial charge in [-0.05, 0) is 37.2 Å². The van der Waals surface area contributed by atoms with Crippen LogP contribution < -0.4 is 15.2 Å². The van der Waals surface area contributed by atoms with E-state index in [1.807, 2.05) is 6.07 Å². The molecule has 1 aliphatic rings. The lowest BCUT2D eigenvalue weighted by atomic mass is 10.0. The molecule has 4 nitrogen and oxygen atoms in total. The van der Waals surface area contributed by atoms with Crippen LogP contribution in [0.1, 0.15) is 31.9 Å². The van der Waals surface area contributed by atoms with Crippen LogP contribution in [0.5, 0.6) is 11.5 Å². The number of fused-ring (bicyclic) bond motifs is 1. The van der Waals surface area contributed by atoms with Gasteiger partial charge in [0.2, 0.25) is 6.79 Å². The van der Waals surface area contributed by atoms with E-state index in [0.717, 1.165) is 31.0 Å². The van der Waals surface area contributed by atoms with Crippen molar-refractivity contribution in [3.8, 4) is 11.5 Å². The van der Waals surface area contributed by atoms with Gasteiger partial charge in [0.05, 0.1) is 0 Å². The molecule has 1 heterocycles. The Morgan fingerprint density at radius 1 is 1.28 bits per heavy atom. The van der Waals surface area contributed by atoms with Gasteiger partial charge < -0.3 is 15.2 Å². The van der Waals surface area contributed by atoms with Crippen LogP contribution in [0, 0.1) is 0 Å². The van der Waals surface area contributed by atoms with Gasteiger partial charge in [0.15, 0.2) is 11.5 Å².